The average molecular weight is 344 g/mol. The molecule has 0 amide bonds. The summed E-state index contributed by atoms with van der Waals surface area (Å²) in [6.07, 6.45) is 0.721. The molecule has 3 aromatic carbocycles. The third-order valence-corrected chi connectivity index (χ3v) is 4.65. The van der Waals surface area contributed by atoms with Gasteiger partial charge in [0.2, 0.25) is 0 Å². The Labute approximate surface area is 153 Å². The quantitative estimate of drug-likeness (QED) is 0.742. The van der Waals surface area contributed by atoms with Crippen LogP contribution in [0.1, 0.15) is 23.6 Å². The fourth-order valence-electron chi connectivity index (χ4n) is 3.30. The van der Waals surface area contributed by atoms with Crippen LogP contribution in [0.5, 0.6) is 11.5 Å². The van der Waals surface area contributed by atoms with Gasteiger partial charge in [0.05, 0.1) is 24.6 Å². The van der Waals surface area contributed by atoms with Crippen LogP contribution in [0, 0.1) is 0 Å². The third-order valence-electron chi connectivity index (χ3n) is 4.65. The van der Waals surface area contributed by atoms with Crippen molar-refractivity contribution in [2.45, 2.75) is 12.5 Å². The first-order valence-electron chi connectivity index (χ1n) is 8.60. The standard InChI is InChI=1S/C22H20N2O2/c1-26-18-13-11-16(12-14-18)21-15-20(19-9-5-6-10-22(19)25)23-24(21)17-7-3-2-4-8-17/h2-14,21,25H,15H2,1H3/t21-/m0/s1. The van der Waals surface area contributed by atoms with Gasteiger partial charge >= 0.3 is 0 Å². The number of phenolic OH excluding ortho intramolecular Hbond substituents is 1. The number of hydrogen-bond donors (Lipinski definition) is 1. The van der Waals surface area contributed by atoms with Crippen molar-refractivity contribution in [3.63, 3.8) is 0 Å². The molecule has 0 radical (unpaired) electrons. The highest BCUT2D eigenvalue weighted by Gasteiger charge is 2.30. The molecule has 26 heavy (non-hydrogen) atoms. The Balaban J connectivity index is 1.74. The molecule has 0 aliphatic carbocycles. The number of methoxy groups -OCH3 is 1. The van der Waals surface area contributed by atoms with Crippen molar-refractivity contribution in [1.29, 1.82) is 0 Å². The number of anilines is 1. The van der Waals surface area contributed by atoms with Crippen molar-refractivity contribution in [3.8, 4) is 11.5 Å². The van der Waals surface area contributed by atoms with E-state index in [0.29, 0.717) is 0 Å². The zero-order valence-corrected chi connectivity index (χ0v) is 14.5. The first-order valence-corrected chi connectivity index (χ1v) is 8.60. The maximum atomic E-state index is 10.2. The van der Waals surface area contributed by atoms with E-state index >= 15 is 0 Å². The van der Waals surface area contributed by atoms with Crippen molar-refractivity contribution in [2.75, 3.05) is 12.1 Å². The zero-order chi connectivity index (χ0) is 17.9. The van der Waals surface area contributed by atoms with Crippen molar-refractivity contribution in [3.05, 3.63) is 90.0 Å². The second-order valence-corrected chi connectivity index (χ2v) is 6.24. The van der Waals surface area contributed by atoms with Gasteiger partial charge in [-0.3, -0.25) is 5.01 Å². The molecule has 0 unspecified atom stereocenters. The van der Waals surface area contributed by atoms with Crippen LogP contribution < -0.4 is 9.75 Å². The highest BCUT2D eigenvalue weighted by Crippen LogP contribution is 2.38. The third kappa shape index (κ3) is 3.02. The zero-order valence-electron chi connectivity index (χ0n) is 14.5. The lowest BCUT2D eigenvalue weighted by Crippen LogP contribution is -2.18. The molecule has 4 heteroatoms. The van der Waals surface area contributed by atoms with Gasteiger partial charge in [-0.05, 0) is 42.0 Å². The van der Waals surface area contributed by atoms with Gasteiger partial charge in [0, 0.05) is 12.0 Å². The smallest absolute Gasteiger partial charge is 0.124 e. The fourth-order valence-corrected chi connectivity index (χ4v) is 3.30. The minimum Gasteiger partial charge on any atom is -0.507 e. The number of benzene rings is 3. The van der Waals surface area contributed by atoms with E-state index in [1.54, 1.807) is 13.2 Å². The van der Waals surface area contributed by atoms with Gasteiger partial charge in [0.25, 0.3) is 0 Å². The average Bonchev–Trinajstić information content (AvgIpc) is 3.14. The van der Waals surface area contributed by atoms with Gasteiger partial charge in [0.15, 0.2) is 0 Å². The molecular weight excluding hydrogens is 324 g/mol. The molecule has 0 aromatic heterocycles. The highest BCUT2D eigenvalue weighted by atomic mass is 16.5. The van der Waals surface area contributed by atoms with Gasteiger partial charge in [-0.25, -0.2) is 0 Å². The van der Waals surface area contributed by atoms with E-state index in [2.05, 4.69) is 12.1 Å². The lowest BCUT2D eigenvalue weighted by Gasteiger charge is -2.24. The van der Waals surface area contributed by atoms with Gasteiger partial charge in [-0.1, -0.05) is 42.5 Å². The summed E-state index contributed by atoms with van der Waals surface area (Å²) in [6, 6.07) is 25.6. The summed E-state index contributed by atoms with van der Waals surface area (Å²) in [5.74, 6) is 1.09. The summed E-state index contributed by atoms with van der Waals surface area (Å²) in [7, 11) is 1.67. The van der Waals surface area contributed by atoms with Crippen LogP contribution in [0.15, 0.2) is 84.0 Å². The lowest BCUT2D eigenvalue weighted by atomic mass is 9.97. The van der Waals surface area contributed by atoms with Crippen molar-refractivity contribution in [2.24, 2.45) is 5.10 Å². The van der Waals surface area contributed by atoms with Crippen molar-refractivity contribution < 1.29 is 9.84 Å². The summed E-state index contributed by atoms with van der Waals surface area (Å²) < 4.78 is 5.27. The van der Waals surface area contributed by atoms with Crippen LogP contribution in [0.2, 0.25) is 0 Å². The molecule has 0 saturated carbocycles. The van der Waals surface area contributed by atoms with Crippen LogP contribution in [0.25, 0.3) is 0 Å². The van der Waals surface area contributed by atoms with Crippen LogP contribution in [-0.4, -0.2) is 17.9 Å². The maximum absolute atomic E-state index is 10.2. The van der Waals surface area contributed by atoms with E-state index in [-0.39, 0.29) is 11.8 Å². The van der Waals surface area contributed by atoms with Gasteiger partial charge in [-0.2, -0.15) is 5.10 Å². The van der Waals surface area contributed by atoms with E-state index in [0.717, 1.165) is 34.7 Å². The number of para-hydroxylation sites is 2. The summed E-state index contributed by atoms with van der Waals surface area (Å²) in [6.45, 7) is 0. The molecule has 1 aliphatic rings. The molecule has 130 valence electrons. The number of rotatable bonds is 4. The molecule has 1 N–H and O–H groups in total. The number of nitrogens with zero attached hydrogens (tertiary/aromatic N) is 2. The molecule has 1 heterocycles. The summed E-state index contributed by atoms with van der Waals surface area (Å²) >= 11 is 0. The van der Waals surface area contributed by atoms with E-state index in [1.807, 2.05) is 65.7 Å². The van der Waals surface area contributed by atoms with Gasteiger partial charge in [0.1, 0.15) is 11.5 Å². The van der Waals surface area contributed by atoms with Crippen molar-refractivity contribution in [1.82, 2.24) is 0 Å². The molecular formula is C22H20N2O2. The Morgan fingerprint density at radius 3 is 2.31 bits per heavy atom. The Hall–Kier alpha value is -3.27. The number of hydrazone groups is 1. The monoisotopic (exact) mass is 344 g/mol. The number of ether oxygens (including phenoxy) is 1. The molecule has 1 aliphatic heterocycles. The Morgan fingerprint density at radius 2 is 1.62 bits per heavy atom. The molecule has 0 bridgehead atoms. The summed E-state index contributed by atoms with van der Waals surface area (Å²) in [4.78, 5) is 0. The maximum Gasteiger partial charge on any atom is 0.124 e. The van der Waals surface area contributed by atoms with E-state index in [9.17, 15) is 5.11 Å². The SMILES string of the molecule is COc1ccc([C@@H]2CC(c3ccccc3O)=NN2c2ccccc2)cc1. The highest BCUT2D eigenvalue weighted by molar-refractivity contribution is 6.05. The lowest BCUT2D eigenvalue weighted by molar-refractivity contribution is 0.414. The Kier molecular flexibility index (Phi) is 4.32. The largest absolute Gasteiger partial charge is 0.507 e. The predicted octanol–water partition coefficient (Wildman–Crippen LogP) is 4.76. The molecule has 4 nitrogen and oxygen atoms in total. The van der Waals surface area contributed by atoms with E-state index < -0.39 is 0 Å². The molecule has 0 spiro atoms. The second-order valence-electron chi connectivity index (χ2n) is 6.24. The van der Waals surface area contributed by atoms with Gasteiger partial charge in [-0.15, -0.1) is 0 Å². The number of phenols is 1. The minimum absolute atomic E-state index is 0.0675. The van der Waals surface area contributed by atoms with Crippen molar-refractivity contribution >= 4 is 11.4 Å². The van der Waals surface area contributed by atoms with Crippen LogP contribution in [-0.2, 0) is 0 Å². The minimum atomic E-state index is 0.0675. The number of aromatic hydroxyl groups is 1. The molecule has 0 fully saturated rings. The first-order chi connectivity index (χ1) is 12.8. The molecule has 0 saturated heterocycles. The predicted molar refractivity (Wildman–Crippen MR) is 104 cm³/mol. The topological polar surface area (TPSA) is 45.1 Å². The fraction of sp³-hybridized carbons (Fsp3) is 0.136. The normalized spacial score (nSPS) is 16.4. The first kappa shape index (κ1) is 16.2. The number of hydrogen-bond acceptors (Lipinski definition) is 4. The van der Waals surface area contributed by atoms with Gasteiger partial charge < -0.3 is 9.84 Å². The van der Waals surface area contributed by atoms with Crippen LogP contribution in [0.3, 0.4) is 0 Å². The molecule has 1 atom stereocenters. The molecule has 3 aromatic rings. The Morgan fingerprint density at radius 1 is 0.923 bits per heavy atom. The van der Waals surface area contributed by atoms with Crippen LogP contribution >= 0.6 is 0 Å². The summed E-state index contributed by atoms with van der Waals surface area (Å²) in [5.41, 5.74) is 3.85. The Bertz CT molecular complexity index is 920. The van der Waals surface area contributed by atoms with Crippen LogP contribution in [0.4, 0.5) is 5.69 Å². The second kappa shape index (κ2) is 6.92. The molecule has 4 rings (SSSR count). The van der Waals surface area contributed by atoms with E-state index in [1.165, 1.54) is 0 Å². The summed E-state index contributed by atoms with van der Waals surface area (Å²) in [5, 5.41) is 17.1. The van der Waals surface area contributed by atoms with E-state index in [4.69, 9.17) is 9.84 Å².